The molecule has 0 N–H and O–H groups in total. The van der Waals surface area contributed by atoms with Gasteiger partial charge in [0.2, 0.25) is 0 Å². The van der Waals surface area contributed by atoms with Crippen LogP contribution in [0.3, 0.4) is 0 Å². The molecule has 2 rings (SSSR count). The van der Waals surface area contributed by atoms with Crippen LogP contribution in [0.15, 0.2) is 64.8 Å². The summed E-state index contributed by atoms with van der Waals surface area (Å²) in [7, 11) is 8.81. The van der Waals surface area contributed by atoms with E-state index in [2.05, 4.69) is 31.6 Å². The summed E-state index contributed by atoms with van der Waals surface area (Å²) in [6.45, 7) is 0. The second-order valence-electron chi connectivity index (χ2n) is 4.30. The van der Waals surface area contributed by atoms with E-state index in [0.717, 1.165) is 17.1 Å². The summed E-state index contributed by atoms with van der Waals surface area (Å²) < 4.78 is 18.3. The first-order chi connectivity index (χ1) is 10.3. The first kappa shape index (κ1) is 18.4. The van der Waals surface area contributed by atoms with Gasteiger partial charge < -0.3 is 4.90 Å². The standard InChI is InChI=1S/C14H15N3.Cl2O2S/c1-17(2)14-11-7-6-10-13(14)16-15-12-8-4-3-5-9-12;1-5(2,3)4/h3-11H,1-2H3;. The van der Waals surface area contributed by atoms with Crippen LogP contribution >= 0.6 is 21.4 Å². The highest BCUT2D eigenvalue weighted by Gasteiger charge is 2.01. The van der Waals surface area contributed by atoms with Crippen LogP contribution in [0.4, 0.5) is 17.1 Å². The van der Waals surface area contributed by atoms with Crippen molar-refractivity contribution in [2.24, 2.45) is 10.2 Å². The van der Waals surface area contributed by atoms with Crippen molar-refractivity contribution < 1.29 is 8.42 Å². The van der Waals surface area contributed by atoms with Crippen LogP contribution in [0, 0.1) is 0 Å². The Morgan fingerprint density at radius 1 is 0.864 bits per heavy atom. The number of benzene rings is 2. The minimum Gasteiger partial charge on any atom is -0.376 e. The SMILES string of the molecule is CN(C)c1ccccc1N=Nc1ccccc1.O=S(=O)(Cl)Cl. The smallest absolute Gasteiger partial charge is 0.317 e. The molecule has 0 amide bonds. The lowest BCUT2D eigenvalue weighted by Gasteiger charge is -2.13. The lowest BCUT2D eigenvalue weighted by Crippen LogP contribution is -2.08. The number of para-hydroxylation sites is 1. The fourth-order valence-corrected chi connectivity index (χ4v) is 1.53. The molecule has 5 nitrogen and oxygen atoms in total. The molecule has 0 fully saturated rings. The quantitative estimate of drug-likeness (QED) is 0.579. The van der Waals surface area contributed by atoms with E-state index in [1.807, 2.05) is 73.6 Å². The van der Waals surface area contributed by atoms with E-state index in [1.165, 1.54) is 0 Å². The first-order valence-electron chi connectivity index (χ1n) is 6.15. The molecule has 0 saturated carbocycles. The normalized spacial score (nSPS) is 10.9. The van der Waals surface area contributed by atoms with Crippen molar-refractivity contribution >= 4 is 46.7 Å². The van der Waals surface area contributed by atoms with Gasteiger partial charge in [0.15, 0.2) is 0 Å². The largest absolute Gasteiger partial charge is 0.376 e. The lowest BCUT2D eigenvalue weighted by molar-refractivity contribution is 0.621. The van der Waals surface area contributed by atoms with Gasteiger partial charge in [-0.3, -0.25) is 0 Å². The van der Waals surface area contributed by atoms with E-state index in [1.54, 1.807) is 0 Å². The van der Waals surface area contributed by atoms with Crippen molar-refractivity contribution in [2.75, 3.05) is 19.0 Å². The molecule has 118 valence electrons. The Kier molecular flexibility index (Phi) is 7.31. The molecular weight excluding hydrogens is 345 g/mol. The third-order valence-electron chi connectivity index (χ3n) is 2.39. The number of halogens is 2. The molecule has 0 unspecified atom stereocenters. The Balaban J connectivity index is 0.000000422. The topological polar surface area (TPSA) is 62.1 Å². The second kappa shape index (κ2) is 8.73. The van der Waals surface area contributed by atoms with Crippen molar-refractivity contribution in [3.63, 3.8) is 0 Å². The lowest BCUT2D eigenvalue weighted by atomic mass is 10.2. The van der Waals surface area contributed by atoms with Gasteiger partial charge >= 0.3 is 8.26 Å². The van der Waals surface area contributed by atoms with E-state index in [0.29, 0.717) is 0 Å². The Labute approximate surface area is 139 Å². The highest BCUT2D eigenvalue weighted by molar-refractivity contribution is 8.31. The van der Waals surface area contributed by atoms with Crippen molar-refractivity contribution in [1.82, 2.24) is 0 Å². The van der Waals surface area contributed by atoms with Gasteiger partial charge in [0.1, 0.15) is 5.69 Å². The van der Waals surface area contributed by atoms with Gasteiger partial charge in [-0.25, -0.2) is 0 Å². The van der Waals surface area contributed by atoms with Crippen LogP contribution in [-0.4, -0.2) is 22.5 Å². The number of azo groups is 1. The Bertz CT molecular complexity index is 712. The van der Waals surface area contributed by atoms with E-state index in [9.17, 15) is 0 Å². The van der Waals surface area contributed by atoms with Crippen molar-refractivity contribution in [2.45, 2.75) is 0 Å². The number of hydrogen-bond acceptors (Lipinski definition) is 5. The summed E-state index contributed by atoms with van der Waals surface area (Å²) in [6, 6.07) is 17.7. The molecule has 0 aliphatic heterocycles. The van der Waals surface area contributed by atoms with E-state index in [-0.39, 0.29) is 0 Å². The van der Waals surface area contributed by atoms with Gasteiger partial charge in [0.25, 0.3) is 0 Å². The summed E-state index contributed by atoms with van der Waals surface area (Å²) in [6.07, 6.45) is 0. The van der Waals surface area contributed by atoms with Crippen LogP contribution < -0.4 is 4.90 Å². The summed E-state index contributed by atoms with van der Waals surface area (Å²) in [4.78, 5) is 2.03. The third kappa shape index (κ3) is 7.97. The molecule has 2 aromatic rings. The van der Waals surface area contributed by atoms with Crippen LogP contribution in [0.2, 0.25) is 0 Å². The Morgan fingerprint density at radius 2 is 1.36 bits per heavy atom. The fraction of sp³-hybridized carbons (Fsp3) is 0.143. The molecule has 2 aromatic carbocycles. The summed E-state index contributed by atoms with van der Waals surface area (Å²) in [5, 5.41) is 8.50. The average molecular weight is 360 g/mol. The molecule has 22 heavy (non-hydrogen) atoms. The van der Waals surface area contributed by atoms with Crippen molar-refractivity contribution in [1.29, 1.82) is 0 Å². The van der Waals surface area contributed by atoms with Gasteiger partial charge in [-0.1, -0.05) is 30.3 Å². The zero-order valence-electron chi connectivity index (χ0n) is 12.0. The molecule has 0 aromatic heterocycles. The zero-order chi connectivity index (χ0) is 16.6. The molecule has 0 atom stereocenters. The van der Waals surface area contributed by atoms with Gasteiger partial charge in [-0.2, -0.15) is 13.5 Å². The molecule has 0 spiro atoms. The number of anilines is 1. The average Bonchev–Trinajstić information content (AvgIpc) is 2.44. The highest BCUT2D eigenvalue weighted by atomic mass is 36.0. The summed E-state index contributed by atoms with van der Waals surface area (Å²) in [5.41, 5.74) is 2.80. The maximum absolute atomic E-state index is 9.16. The minimum atomic E-state index is -3.72. The minimum absolute atomic E-state index is 0.862. The van der Waals surface area contributed by atoms with E-state index in [4.69, 9.17) is 8.42 Å². The molecule has 0 aliphatic rings. The maximum Gasteiger partial charge on any atom is 0.317 e. The van der Waals surface area contributed by atoms with Crippen LogP contribution in [0.5, 0.6) is 0 Å². The molecule has 0 aliphatic carbocycles. The molecular formula is C14H15Cl2N3O2S. The molecule has 0 saturated heterocycles. The van der Waals surface area contributed by atoms with Gasteiger partial charge in [0, 0.05) is 35.5 Å². The number of hydrogen-bond donors (Lipinski definition) is 0. The van der Waals surface area contributed by atoms with E-state index >= 15 is 0 Å². The van der Waals surface area contributed by atoms with Crippen molar-refractivity contribution in [3.8, 4) is 0 Å². The Hall–Kier alpha value is -1.63. The maximum atomic E-state index is 9.16. The first-order valence-corrected chi connectivity index (χ1v) is 9.28. The van der Waals surface area contributed by atoms with Crippen LogP contribution in [0.25, 0.3) is 0 Å². The molecule has 8 heteroatoms. The van der Waals surface area contributed by atoms with Crippen molar-refractivity contribution in [3.05, 3.63) is 54.6 Å². The van der Waals surface area contributed by atoms with Gasteiger partial charge in [0.05, 0.1) is 11.4 Å². The molecule has 0 bridgehead atoms. The number of rotatable bonds is 3. The predicted molar refractivity (Wildman–Crippen MR) is 92.0 cm³/mol. The van der Waals surface area contributed by atoms with Crippen LogP contribution in [0.1, 0.15) is 0 Å². The highest BCUT2D eigenvalue weighted by Crippen LogP contribution is 2.28. The monoisotopic (exact) mass is 359 g/mol. The number of nitrogens with zero attached hydrogens (tertiary/aromatic N) is 3. The predicted octanol–water partition coefficient (Wildman–Crippen LogP) is 4.88. The second-order valence-corrected chi connectivity index (χ2v) is 7.97. The Morgan fingerprint density at radius 3 is 1.91 bits per heavy atom. The van der Waals surface area contributed by atoms with E-state index < -0.39 is 8.26 Å². The fourth-order valence-electron chi connectivity index (χ4n) is 1.53. The van der Waals surface area contributed by atoms with Gasteiger partial charge in [-0.15, -0.1) is 5.11 Å². The summed E-state index contributed by atoms with van der Waals surface area (Å²) in [5.74, 6) is 0. The van der Waals surface area contributed by atoms with Crippen LogP contribution in [-0.2, 0) is 8.26 Å². The molecule has 0 radical (unpaired) electrons. The molecule has 0 heterocycles. The third-order valence-corrected chi connectivity index (χ3v) is 2.39. The summed E-state index contributed by atoms with van der Waals surface area (Å²) >= 11 is 0. The zero-order valence-corrected chi connectivity index (χ0v) is 14.3. The van der Waals surface area contributed by atoms with Gasteiger partial charge in [-0.05, 0) is 24.3 Å².